The number of aryl methyl sites for hydroxylation is 1. The van der Waals surface area contributed by atoms with Gasteiger partial charge in [0.2, 0.25) is 10.0 Å². The normalized spacial score (nSPS) is 11.8. The average Bonchev–Trinajstić information content (AvgIpc) is 2.81. The number of benzene rings is 2. The van der Waals surface area contributed by atoms with Gasteiger partial charge in [-0.2, -0.15) is 0 Å². The van der Waals surface area contributed by atoms with Gasteiger partial charge in [-0.15, -0.1) is 0 Å². The Bertz CT molecular complexity index is 1320. The molecule has 1 heterocycles. The van der Waals surface area contributed by atoms with Crippen LogP contribution in [0.1, 0.15) is 17.5 Å². The summed E-state index contributed by atoms with van der Waals surface area (Å²) in [5.74, 6) is 0.436. The molecule has 0 amide bonds. The average molecular weight is 566 g/mol. The van der Waals surface area contributed by atoms with Crippen LogP contribution in [-0.4, -0.2) is 52.2 Å². The molecule has 0 aliphatic heterocycles. The van der Waals surface area contributed by atoms with Gasteiger partial charge in [-0.3, -0.25) is 4.98 Å². The fraction of sp³-hybridized carbons (Fsp3) is 0.227. The Kier molecular flexibility index (Phi) is 9.09. The van der Waals surface area contributed by atoms with E-state index in [2.05, 4.69) is 9.71 Å². The summed E-state index contributed by atoms with van der Waals surface area (Å²) in [6.45, 7) is 2.61. The molecule has 0 atom stereocenters. The van der Waals surface area contributed by atoms with Crippen LogP contribution in [0.5, 0.6) is 11.5 Å². The fourth-order valence-corrected chi connectivity index (χ4v) is 5.97. The molecule has 0 unspecified atom stereocenters. The van der Waals surface area contributed by atoms with Gasteiger partial charge in [0.15, 0.2) is 0 Å². The molecule has 1 N–H and O–H groups in total. The molecule has 0 bridgehead atoms. The van der Waals surface area contributed by atoms with Gasteiger partial charge in [0, 0.05) is 18.9 Å². The Morgan fingerprint density at radius 3 is 2.29 bits per heavy atom. The molecule has 12 heteroatoms. The summed E-state index contributed by atoms with van der Waals surface area (Å²) in [7, 11) is -8.65. The number of hydrogen-bond acceptors (Lipinski definition) is 8. The molecule has 0 aliphatic carbocycles. The van der Waals surface area contributed by atoms with E-state index in [0.29, 0.717) is 36.5 Å². The van der Waals surface area contributed by atoms with Crippen LogP contribution in [0.4, 0.5) is 0 Å². The predicted octanol–water partition coefficient (Wildman–Crippen LogP) is 2.51. The Labute approximate surface area is 208 Å². The molecular formula is C22H23AsN2O7S2. The van der Waals surface area contributed by atoms with Crippen molar-refractivity contribution in [3.63, 3.8) is 0 Å². The van der Waals surface area contributed by atoms with E-state index in [9.17, 15) is 16.8 Å². The first kappa shape index (κ1) is 26.2. The Morgan fingerprint density at radius 2 is 1.59 bits per heavy atom. The first-order valence-corrected chi connectivity index (χ1v) is 13.8. The molecule has 0 aliphatic rings. The summed E-state index contributed by atoms with van der Waals surface area (Å²) in [5.41, 5.74) is 1.39. The van der Waals surface area contributed by atoms with Crippen LogP contribution in [0.2, 0.25) is 0 Å². The van der Waals surface area contributed by atoms with E-state index in [1.54, 1.807) is 25.1 Å². The second kappa shape index (κ2) is 11.8. The summed E-state index contributed by atoms with van der Waals surface area (Å²) >= 11 is 2.02. The number of sulfonamides is 1. The molecule has 2 aromatic carbocycles. The molecule has 0 saturated carbocycles. The maximum absolute atomic E-state index is 13.1. The molecular weight excluding hydrogens is 543 g/mol. The van der Waals surface area contributed by atoms with E-state index in [-0.39, 0.29) is 12.3 Å². The third-order valence-electron chi connectivity index (χ3n) is 4.50. The summed E-state index contributed by atoms with van der Waals surface area (Å²) in [6.07, 6.45) is 3.72. The number of nitrogens with zero attached hydrogens (tertiary/aromatic N) is 1. The van der Waals surface area contributed by atoms with Crippen molar-refractivity contribution < 1.29 is 29.5 Å². The fourth-order valence-electron chi connectivity index (χ4n) is 2.97. The Hall–Kier alpha value is -2.43. The standard InChI is InChI=1S/C22H23AsN2O7S2/c1-17-13-19(30-11-4-12-31-23)15-20(14-17)32-34(28,29)22-6-3-2-5-21(22)33(26,27)25-16-18-7-9-24-10-8-18/h2-3,5-10,13-15,25H,4,11-12,16H2,1H3. The van der Waals surface area contributed by atoms with Crippen LogP contribution in [-0.2, 0) is 30.4 Å². The summed E-state index contributed by atoms with van der Waals surface area (Å²) in [4.78, 5) is 3.00. The zero-order chi connectivity index (χ0) is 24.6. The monoisotopic (exact) mass is 566 g/mol. The Morgan fingerprint density at radius 1 is 0.912 bits per heavy atom. The van der Waals surface area contributed by atoms with Gasteiger partial charge < -0.3 is 0 Å². The van der Waals surface area contributed by atoms with E-state index in [1.165, 1.54) is 48.8 Å². The quantitative estimate of drug-likeness (QED) is 0.202. The third-order valence-corrected chi connectivity index (χ3v) is 7.78. The molecule has 34 heavy (non-hydrogen) atoms. The number of rotatable bonds is 12. The van der Waals surface area contributed by atoms with Crippen molar-refractivity contribution in [3.05, 3.63) is 78.1 Å². The van der Waals surface area contributed by atoms with E-state index in [4.69, 9.17) is 12.6 Å². The van der Waals surface area contributed by atoms with Crippen molar-refractivity contribution in [1.82, 2.24) is 9.71 Å². The number of hydrogen-bond donors (Lipinski definition) is 1. The van der Waals surface area contributed by atoms with Crippen molar-refractivity contribution >= 4 is 37.3 Å². The van der Waals surface area contributed by atoms with Gasteiger partial charge in [0.25, 0.3) is 0 Å². The zero-order valence-corrected chi connectivity index (χ0v) is 21.8. The van der Waals surface area contributed by atoms with Crippen molar-refractivity contribution in [2.75, 3.05) is 13.2 Å². The van der Waals surface area contributed by atoms with Crippen molar-refractivity contribution in [3.8, 4) is 11.5 Å². The van der Waals surface area contributed by atoms with Crippen molar-refractivity contribution in [2.45, 2.75) is 29.7 Å². The first-order chi connectivity index (χ1) is 16.2. The number of aromatic nitrogens is 1. The van der Waals surface area contributed by atoms with Gasteiger partial charge in [-0.05, 0) is 23.8 Å². The van der Waals surface area contributed by atoms with Crippen LogP contribution >= 0.6 is 0 Å². The van der Waals surface area contributed by atoms with Crippen molar-refractivity contribution in [1.29, 1.82) is 0 Å². The Balaban J connectivity index is 1.83. The van der Waals surface area contributed by atoms with Crippen LogP contribution in [0.3, 0.4) is 0 Å². The van der Waals surface area contributed by atoms with Crippen LogP contribution in [0.25, 0.3) is 0 Å². The summed E-state index contributed by atoms with van der Waals surface area (Å²) in [5, 5.41) is 0. The molecule has 0 saturated heterocycles. The third kappa shape index (κ3) is 7.28. The van der Waals surface area contributed by atoms with Crippen LogP contribution < -0.4 is 13.6 Å². The summed E-state index contributed by atoms with van der Waals surface area (Å²) in [6, 6.07) is 13.3. The molecule has 3 aromatic rings. The molecule has 3 rings (SSSR count). The van der Waals surface area contributed by atoms with Crippen LogP contribution in [0, 0.1) is 6.92 Å². The molecule has 0 spiro atoms. The van der Waals surface area contributed by atoms with Gasteiger partial charge in [0.05, 0.1) is 0 Å². The second-order valence-electron chi connectivity index (χ2n) is 7.18. The summed E-state index contributed by atoms with van der Waals surface area (Å²) < 4.78 is 70.3. The molecule has 9 nitrogen and oxygen atoms in total. The molecule has 180 valence electrons. The number of pyridine rings is 1. The second-order valence-corrected chi connectivity index (χ2v) is 11.0. The SMILES string of the molecule is Cc1cc(OCCCO[As])cc(OS(=O)(=O)c2ccccc2S(=O)(=O)NCc2ccncc2)c1. The maximum atomic E-state index is 13.1. The molecule has 0 fully saturated rings. The zero-order valence-electron chi connectivity index (χ0n) is 18.2. The predicted molar refractivity (Wildman–Crippen MR) is 126 cm³/mol. The minimum absolute atomic E-state index is 0.00959. The number of ether oxygens (including phenoxy) is 1. The minimum atomic E-state index is -4.48. The first-order valence-electron chi connectivity index (χ1n) is 10.1. The van der Waals surface area contributed by atoms with Gasteiger partial charge >= 0.3 is 126 Å². The van der Waals surface area contributed by atoms with E-state index in [1.807, 2.05) is 17.2 Å². The van der Waals surface area contributed by atoms with E-state index >= 15 is 0 Å². The van der Waals surface area contributed by atoms with Gasteiger partial charge in [-0.25, -0.2) is 13.1 Å². The molecule has 1 aromatic heterocycles. The van der Waals surface area contributed by atoms with Gasteiger partial charge in [0.1, 0.15) is 0 Å². The van der Waals surface area contributed by atoms with Crippen LogP contribution in [0.15, 0.2) is 76.8 Å². The van der Waals surface area contributed by atoms with E-state index in [0.717, 1.165) is 0 Å². The van der Waals surface area contributed by atoms with Crippen molar-refractivity contribution in [2.24, 2.45) is 0 Å². The van der Waals surface area contributed by atoms with Gasteiger partial charge in [-0.1, -0.05) is 12.1 Å². The molecule has 2 radical (unpaired) electrons. The number of nitrogens with one attached hydrogen (secondary N) is 1. The topological polar surface area (TPSA) is 121 Å². The van der Waals surface area contributed by atoms with E-state index < -0.39 is 29.9 Å².